The maximum Gasteiger partial charge on any atom is 0.257 e. The largest absolute Gasteiger partial charge is 0.298 e. The molecule has 1 saturated heterocycles. The monoisotopic (exact) mass is 518 g/mol. The van der Waals surface area contributed by atoms with Gasteiger partial charge >= 0.3 is 0 Å². The molecule has 1 fully saturated rings. The van der Waals surface area contributed by atoms with Crippen LogP contribution in [0.3, 0.4) is 0 Å². The maximum absolute atomic E-state index is 12.9. The van der Waals surface area contributed by atoms with Crippen LogP contribution in [0.5, 0.6) is 0 Å². The highest BCUT2D eigenvalue weighted by Crippen LogP contribution is 2.38. The molecule has 0 radical (unpaired) electrons. The van der Waals surface area contributed by atoms with E-state index in [9.17, 15) is 13.2 Å². The van der Waals surface area contributed by atoms with E-state index >= 15 is 0 Å². The molecule has 1 amide bonds. The standard InChI is InChI=1S/C22H22N4O3S4/c1-13-4-3-11-26(12-13)33(28,29)15-7-5-14(6-8-15)20(27)25-21-23-16-9-10-17-19(18(16)31-21)32-22(24-17)30-2/h5-10,13H,3-4,11-12H2,1-2H3,(H,23,25,27)/t13-/m1/s1. The van der Waals surface area contributed by atoms with E-state index < -0.39 is 10.0 Å². The predicted octanol–water partition coefficient (Wildman–Crippen LogP) is 5.30. The quantitative estimate of drug-likeness (QED) is 0.361. The van der Waals surface area contributed by atoms with E-state index in [0.717, 1.165) is 37.6 Å². The Morgan fingerprint density at radius 3 is 2.48 bits per heavy atom. The Balaban J connectivity index is 1.35. The van der Waals surface area contributed by atoms with Gasteiger partial charge in [-0.3, -0.25) is 10.1 Å². The zero-order chi connectivity index (χ0) is 23.2. The first-order chi connectivity index (χ1) is 15.8. The second-order valence-corrected chi connectivity index (χ2v) is 13.0. The number of amides is 1. The van der Waals surface area contributed by atoms with Crippen LogP contribution in [0.4, 0.5) is 5.13 Å². The number of nitrogens with one attached hydrogen (secondary N) is 1. The number of aromatic nitrogens is 2. The van der Waals surface area contributed by atoms with Crippen molar-refractivity contribution in [2.75, 3.05) is 24.7 Å². The molecule has 0 spiro atoms. The summed E-state index contributed by atoms with van der Waals surface area (Å²) in [4.78, 5) is 22.1. The van der Waals surface area contributed by atoms with Crippen molar-refractivity contribution in [1.29, 1.82) is 0 Å². The fraction of sp³-hybridized carbons (Fsp3) is 0.318. The van der Waals surface area contributed by atoms with E-state index in [1.165, 1.54) is 23.5 Å². The van der Waals surface area contributed by atoms with E-state index in [2.05, 4.69) is 22.2 Å². The van der Waals surface area contributed by atoms with Crippen molar-refractivity contribution in [2.45, 2.75) is 29.0 Å². The molecule has 2 aromatic heterocycles. The van der Waals surface area contributed by atoms with Gasteiger partial charge in [-0.05, 0) is 61.4 Å². The summed E-state index contributed by atoms with van der Waals surface area (Å²) in [6.07, 6.45) is 3.91. The predicted molar refractivity (Wildman–Crippen MR) is 136 cm³/mol. The van der Waals surface area contributed by atoms with Crippen molar-refractivity contribution in [3.8, 4) is 0 Å². The summed E-state index contributed by atoms with van der Waals surface area (Å²) in [5.74, 6) is 0.0286. The van der Waals surface area contributed by atoms with Gasteiger partial charge in [0.15, 0.2) is 9.47 Å². The summed E-state index contributed by atoms with van der Waals surface area (Å²) in [5, 5.41) is 3.35. The van der Waals surface area contributed by atoms with Crippen molar-refractivity contribution in [3.63, 3.8) is 0 Å². The van der Waals surface area contributed by atoms with Gasteiger partial charge < -0.3 is 0 Å². The van der Waals surface area contributed by atoms with Crippen LogP contribution >= 0.6 is 34.4 Å². The zero-order valence-electron chi connectivity index (χ0n) is 18.1. The molecule has 1 aliphatic heterocycles. The van der Waals surface area contributed by atoms with Gasteiger partial charge in [-0.15, -0.1) is 11.3 Å². The van der Waals surface area contributed by atoms with Gasteiger partial charge in [0.25, 0.3) is 5.91 Å². The molecule has 3 heterocycles. The number of fused-ring (bicyclic) bond motifs is 3. The Morgan fingerprint density at radius 2 is 1.79 bits per heavy atom. The van der Waals surface area contributed by atoms with Crippen molar-refractivity contribution >= 4 is 75.9 Å². The average molecular weight is 519 g/mol. The van der Waals surface area contributed by atoms with Gasteiger partial charge in [0.1, 0.15) is 0 Å². The van der Waals surface area contributed by atoms with Crippen molar-refractivity contribution in [2.24, 2.45) is 5.92 Å². The Bertz CT molecular complexity index is 1440. The molecular weight excluding hydrogens is 497 g/mol. The molecule has 7 nitrogen and oxygen atoms in total. The summed E-state index contributed by atoms with van der Waals surface area (Å²) >= 11 is 4.64. The molecule has 1 N–H and O–H groups in total. The van der Waals surface area contributed by atoms with E-state index in [-0.39, 0.29) is 10.8 Å². The minimum absolute atomic E-state index is 0.213. The number of sulfonamides is 1. The first-order valence-electron chi connectivity index (χ1n) is 10.5. The molecular formula is C22H22N4O3S4. The third-order valence-electron chi connectivity index (χ3n) is 5.66. The number of rotatable bonds is 5. The summed E-state index contributed by atoms with van der Waals surface area (Å²) in [6, 6.07) is 9.97. The highest BCUT2D eigenvalue weighted by molar-refractivity contribution is 8.00. The van der Waals surface area contributed by atoms with Crippen LogP contribution in [-0.4, -0.2) is 47.9 Å². The maximum atomic E-state index is 12.9. The lowest BCUT2D eigenvalue weighted by atomic mass is 10.0. The van der Waals surface area contributed by atoms with Gasteiger partial charge in [0.05, 0.1) is 25.3 Å². The smallest absolute Gasteiger partial charge is 0.257 e. The van der Waals surface area contributed by atoms with E-state index in [1.807, 2.05) is 18.4 Å². The number of hydrogen-bond donors (Lipinski definition) is 1. The first kappa shape index (κ1) is 22.7. The van der Waals surface area contributed by atoms with Gasteiger partial charge in [0.2, 0.25) is 10.0 Å². The lowest BCUT2D eigenvalue weighted by Crippen LogP contribution is -2.39. The number of thioether (sulfide) groups is 1. The number of carbonyl (C=O) groups is 1. The molecule has 5 rings (SSSR count). The number of nitrogens with zero attached hydrogens (tertiary/aromatic N) is 3. The number of piperidine rings is 1. The first-order valence-corrected chi connectivity index (χ1v) is 14.8. The minimum atomic E-state index is -3.55. The van der Waals surface area contributed by atoms with Crippen LogP contribution in [0.1, 0.15) is 30.1 Å². The van der Waals surface area contributed by atoms with E-state index in [0.29, 0.717) is 29.7 Å². The molecule has 1 atom stereocenters. The van der Waals surface area contributed by atoms with Crippen LogP contribution in [0.15, 0.2) is 45.6 Å². The average Bonchev–Trinajstić information content (AvgIpc) is 3.42. The third-order valence-corrected chi connectivity index (χ3v) is 10.7. The second kappa shape index (κ2) is 8.95. The molecule has 4 aromatic rings. The normalized spacial score (nSPS) is 17.6. The van der Waals surface area contributed by atoms with Crippen molar-refractivity contribution < 1.29 is 13.2 Å². The summed E-state index contributed by atoms with van der Waals surface area (Å²) in [6.45, 7) is 3.14. The van der Waals surface area contributed by atoms with Crippen molar-refractivity contribution in [1.82, 2.24) is 14.3 Å². The molecule has 0 saturated carbocycles. The van der Waals surface area contributed by atoms with Gasteiger partial charge in [0, 0.05) is 18.7 Å². The molecule has 33 heavy (non-hydrogen) atoms. The topological polar surface area (TPSA) is 92.3 Å². The number of thiazole rings is 2. The molecule has 0 unspecified atom stereocenters. The Labute approximate surface area is 204 Å². The third kappa shape index (κ3) is 4.40. The van der Waals surface area contributed by atoms with E-state index in [1.54, 1.807) is 39.5 Å². The fourth-order valence-corrected chi connectivity index (χ4v) is 8.21. The lowest BCUT2D eigenvalue weighted by molar-refractivity contribution is 0.102. The van der Waals surface area contributed by atoms with Crippen LogP contribution in [0.2, 0.25) is 0 Å². The Hall–Kier alpha value is -2.05. The molecule has 172 valence electrons. The number of anilines is 1. The Kier molecular flexibility index (Phi) is 6.17. The summed E-state index contributed by atoms with van der Waals surface area (Å²) in [7, 11) is -3.55. The van der Waals surface area contributed by atoms with Gasteiger partial charge in [-0.2, -0.15) is 4.31 Å². The lowest BCUT2D eigenvalue weighted by Gasteiger charge is -2.30. The van der Waals surface area contributed by atoms with Crippen LogP contribution < -0.4 is 5.32 Å². The molecule has 2 aromatic carbocycles. The van der Waals surface area contributed by atoms with Crippen LogP contribution in [0, 0.1) is 5.92 Å². The SMILES string of the molecule is CSc1nc2ccc3nc(NC(=O)c4ccc(S(=O)(=O)N5CCC[C@@H](C)C5)cc4)sc3c2s1. The molecule has 1 aliphatic rings. The summed E-state index contributed by atoms with van der Waals surface area (Å²) in [5.41, 5.74) is 2.13. The number of benzene rings is 2. The second-order valence-electron chi connectivity index (χ2n) is 8.05. The number of hydrogen-bond acceptors (Lipinski definition) is 8. The highest BCUT2D eigenvalue weighted by Gasteiger charge is 2.28. The molecule has 11 heteroatoms. The fourth-order valence-electron chi connectivity index (χ4n) is 3.95. The van der Waals surface area contributed by atoms with Gasteiger partial charge in [-0.25, -0.2) is 18.4 Å². The highest BCUT2D eigenvalue weighted by atomic mass is 32.2. The van der Waals surface area contributed by atoms with Crippen LogP contribution in [0.25, 0.3) is 20.4 Å². The minimum Gasteiger partial charge on any atom is -0.298 e. The van der Waals surface area contributed by atoms with Gasteiger partial charge in [-0.1, -0.05) is 30.0 Å². The zero-order valence-corrected chi connectivity index (χ0v) is 21.3. The Morgan fingerprint density at radius 1 is 1.09 bits per heavy atom. The molecule has 0 aliphatic carbocycles. The number of carbonyl (C=O) groups excluding carboxylic acids is 1. The molecule has 0 bridgehead atoms. The van der Waals surface area contributed by atoms with E-state index in [4.69, 9.17) is 0 Å². The van der Waals surface area contributed by atoms with Crippen LogP contribution in [-0.2, 0) is 10.0 Å². The van der Waals surface area contributed by atoms with Crippen molar-refractivity contribution in [3.05, 3.63) is 42.0 Å². The summed E-state index contributed by atoms with van der Waals surface area (Å²) < 4.78 is 30.5.